The molecule has 0 aliphatic carbocycles. The van der Waals surface area contributed by atoms with Gasteiger partial charge in [-0.1, -0.05) is 129 Å². The predicted molar refractivity (Wildman–Crippen MR) is 200 cm³/mol. The fourth-order valence-electron chi connectivity index (χ4n) is 5.77. The molecule has 0 saturated carbocycles. The van der Waals surface area contributed by atoms with Crippen LogP contribution in [-0.2, 0) is 37.4 Å². The van der Waals surface area contributed by atoms with Gasteiger partial charge in [-0.15, -0.1) is 0 Å². The Kier molecular flexibility index (Phi) is 29.0. The van der Waals surface area contributed by atoms with E-state index in [1.54, 1.807) is 0 Å². The molecular formula is C39H73O11P. The molecule has 0 amide bonds. The monoisotopic (exact) mass is 748 g/mol. The third kappa shape index (κ3) is 29.8. The second kappa shape index (κ2) is 31.1. The summed E-state index contributed by atoms with van der Waals surface area (Å²) in [4.78, 5) is 34.9. The summed E-state index contributed by atoms with van der Waals surface area (Å²) in [6, 6.07) is 0. The standard InChI is InChI=1S/C39H73O11P/c1-4-5-19-25-36-37(50-36)26-21-16-12-9-10-14-18-23-28-39(43)49-35(32-48-51(44,45)47-30-34(41)29-40)31-46-38(42)27-22-17-13-8-6-7-11-15-20-24-33(2)3/h16,21,33-37,40-41H,4-15,17-20,22-32H2,1-3H3,(H,44,45)/b21-16-/t34-,35+,36?,37?/m0/s1. The van der Waals surface area contributed by atoms with E-state index in [1.165, 1.54) is 64.2 Å². The number of phosphoric acid groups is 1. The van der Waals surface area contributed by atoms with E-state index < -0.39 is 51.8 Å². The Hall–Kier alpha value is -1.33. The highest BCUT2D eigenvalue weighted by molar-refractivity contribution is 7.47. The molecule has 3 N–H and O–H groups in total. The van der Waals surface area contributed by atoms with Gasteiger partial charge in [0.1, 0.15) is 12.7 Å². The normalized spacial score (nSPS) is 18.2. The lowest BCUT2D eigenvalue weighted by atomic mass is 10.0. The van der Waals surface area contributed by atoms with Crippen molar-refractivity contribution in [3.05, 3.63) is 12.2 Å². The summed E-state index contributed by atoms with van der Waals surface area (Å²) >= 11 is 0. The molecule has 1 aliphatic rings. The minimum absolute atomic E-state index is 0.166. The van der Waals surface area contributed by atoms with E-state index in [0.717, 1.165) is 63.7 Å². The number of hydrogen-bond acceptors (Lipinski definition) is 10. The largest absolute Gasteiger partial charge is 0.472 e. The number of carbonyl (C=O) groups excluding carboxylic acids is 2. The number of ether oxygens (including phenoxy) is 3. The Balaban J connectivity index is 2.27. The number of unbranched alkanes of at least 4 members (excludes halogenated alkanes) is 15. The van der Waals surface area contributed by atoms with Crippen LogP contribution in [0.3, 0.4) is 0 Å². The fraction of sp³-hybridized carbons (Fsp3) is 0.897. The average molecular weight is 749 g/mol. The highest BCUT2D eigenvalue weighted by atomic mass is 31.2. The molecular weight excluding hydrogens is 675 g/mol. The number of hydrogen-bond donors (Lipinski definition) is 3. The highest BCUT2D eigenvalue weighted by Crippen LogP contribution is 2.43. The fourth-order valence-corrected chi connectivity index (χ4v) is 6.56. The number of aliphatic hydroxyl groups is 2. The number of esters is 2. The van der Waals surface area contributed by atoms with Crippen LogP contribution in [0.25, 0.3) is 0 Å². The first-order valence-corrected chi connectivity index (χ1v) is 21.6. The molecule has 0 aromatic rings. The van der Waals surface area contributed by atoms with Crippen LogP contribution in [0.2, 0.25) is 0 Å². The van der Waals surface area contributed by atoms with Gasteiger partial charge >= 0.3 is 19.8 Å². The summed E-state index contributed by atoms with van der Waals surface area (Å²) in [5.41, 5.74) is 0. The Morgan fingerprint density at radius 3 is 1.96 bits per heavy atom. The van der Waals surface area contributed by atoms with Gasteiger partial charge in [0.05, 0.1) is 32.0 Å². The summed E-state index contributed by atoms with van der Waals surface area (Å²) < 4.78 is 38.4. The number of epoxide rings is 1. The smallest absolute Gasteiger partial charge is 0.462 e. The zero-order valence-corrected chi connectivity index (χ0v) is 33.1. The maximum atomic E-state index is 12.6. The molecule has 51 heavy (non-hydrogen) atoms. The van der Waals surface area contributed by atoms with Crippen molar-refractivity contribution in [2.24, 2.45) is 5.92 Å². The van der Waals surface area contributed by atoms with E-state index in [4.69, 9.17) is 23.8 Å². The topological polar surface area (TPSA) is 161 Å². The third-order valence-corrected chi connectivity index (χ3v) is 9.97. The number of allylic oxidation sites excluding steroid dienone is 1. The quantitative estimate of drug-likeness (QED) is 0.0184. The number of phosphoric ester groups is 1. The Morgan fingerprint density at radius 1 is 0.745 bits per heavy atom. The van der Waals surface area contributed by atoms with E-state index in [1.807, 2.05) is 0 Å². The molecule has 1 saturated heterocycles. The van der Waals surface area contributed by atoms with E-state index in [0.29, 0.717) is 25.0 Å². The molecule has 1 aliphatic heterocycles. The van der Waals surface area contributed by atoms with Crippen LogP contribution < -0.4 is 0 Å². The second-order valence-electron chi connectivity index (χ2n) is 14.5. The molecule has 1 heterocycles. The average Bonchev–Trinajstić information content (AvgIpc) is 3.85. The minimum atomic E-state index is -4.62. The molecule has 300 valence electrons. The molecule has 12 heteroatoms. The molecule has 1 rings (SSSR count). The molecule has 5 atom stereocenters. The van der Waals surface area contributed by atoms with Crippen molar-refractivity contribution in [2.75, 3.05) is 26.4 Å². The predicted octanol–water partition coefficient (Wildman–Crippen LogP) is 8.90. The van der Waals surface area contributed by atoms with Crippen LogP contribution in [0.4, 0.5) is 0 Å². The molecule has 11 nitrogen and oxygen atoms in total. The first-order valence-electron chi connectivity index (χ1n) is 20.1. The molecule has 0 aromatic carbocycles. The molecule has 0 radical (unpaired) electrons. The third-order valence-electron chi connectivity index (χ3n) is 9.02. The van der Waals surface area contributed by atoms with Crippen molar-refractivity contribution in [3.63, 3.8) is 0 Å². The van der Waals surface area contributed by atoms with Crippen LogP contribution >= 0.6 is 7.82 Å². The SMILES string of the molecule is CCCCCC1OC1C/C=C\CCCCCCCC(=O)O[C@H](COC(=O)CCCCCCCCCCCC(C)C)COP(=O)(O)OC[C@@H](O)CO. The van der Waals surface area contributed by atoms with Gasteiger partial charge in [-0.3, -0.25) is 18.6 Å². The van der Waals surface area contributed by atoms with Crippen molar-refractivity contribution in [2.45, 2.75) is 193 Å². The lowest BCUT2D eigenvalue weighted by Gasteiger charge is -2.20. The van der Waals surface area contributed by atoms with Crippen LogP contribution in [0.1, 0.15) is 168 Å². The summed E-state index contributed by atoms with van der Waals surface area (Å²) in [7, 11) is -4.62. The van der Waals surface area contributed by atoms with E-state index in [9.17, 15) is 24.2 Å². The summed E-state index contributed by atoms with van der Waals surface area (Å²) in [5, 5.41) is 18.3. The zero-order chi connectivity index (χ0) is 37.6. The van der Waals surface area contributed by atoms with Crippen molar-refractivity contribution < 1.29 is 52.5 Å². The molecule has 0 spiro atoms. The maximum absolute atomic E-state index is 12.6. The molecule has 3 unspecified atom stereocenters. The van der Waals surface area contributed by atoms with E-state index in [-0.39, 0.29) is 19.4 Å². The van der Waals surface area contributed by atoms with Gasteiger partial charge in [-0.25, -0.2) is 4.57 Å². The van der Waals surface area contributed by atoms with Crippen LogP contribution in [0.15, 0.2) is 12.2 Å². The zero-order valence-electron chi connectivity index (χ0n) is 32.2. The first-order chi connectivity index (χ1) is 24.6. The van der Waals surface area contributed by atoms with Gasteiger partial charge in [-0.05, 0) is 44.4 Å². The Labute approximate surface area is 309 Å². The summed E-state index contributed by atoms with van der Waals surface area (Å²) in [6.07, 6.45) is 26.5. The van der Waals surface area contributed by atoms with Gasteiger partial charge in [-0.2, -0.15) is 0 Å². The summed E-state index contributed by atoms with van der Waals surface area (Å²) in [6.45, 7) is 4.61. The number of carbonyl (C=O) groups is 2. The number of aliphatic hydroxyl groups excluding tert-OH is 2. The lowest BCUT2D eigenvalue weighted by molar-refractivity contribution is -0.161. The van der Waals surface area contributed by atoms with Gasteiger partial charge in [0.15, 0.2) is 6.10 Å². The lowest BCUT2D eigenvalue weighted by Crippen LogP contribution is -2.29. The second-order valence-corrected chi connectivity index (χ2v) is 16.0. The molecule has 0 aromatic heterocycles. The molecule has 1 fully saturated rings. The molecule has 0 bridgehead atoms. The maximum Gasteiger partial charge on any atom is 0.472 e. The Morgan fingerprint density at radius 2 is 1.33 bits per heavy atom. The first kappa shape index (κ1) is 47.7. The Bertz CT molecular complexity index is 944. The van der Waals surface area contributed by atoms with Crippen molar-refractivity contribution in [3.8, 4) is 0 Å². The van der Waals surface area contributed by atoms with Crippen molar-refractivity contribution in [1.82, 2.24) is 0 Å². The van der Waals surface area contributed by atoms with Crippen molar-refractivity contribution in [1.29, 1.82) is 0 Å². The van der Waals surface area contributed by atoms with Crippen molar-refractivity contribution >= 4 is 19.8 Å². The van der Waals surface area contributed by atoms with Gasteiger partial charge in [0, 0.05) is 12.8 Å². The van der Waals surface area contributed by atoms with Crippen LogP contribution in [0, 0.1) is 5.92 Å². The summed E-state index contributed by atoms with van der Waals surface area (Å²) in [5.74, 6) is -0.168. The van der Waals surface area contributed by atoms with E-state index >= 15 is 0 Å². The highest BCUT2D eigenvalue weighted by Gasteiger charge is 2.36. The van der Waals surface area contributed by atoms with Gasteiger partial charge in [0.2, 0.25) is 0 Å². The minimum Gasteiger partial charge on any atom is -0.462 e. The van der Waals surface area contributed by atoms with Gasteiger partial charge < -0.3 is 29.3 Å². The van der Waals surface area contributed by atoms with E-state index in [2.05, 4.69) is 37.4 Å². The van der Waals surface area contributed by atoms with Crippen LogP contribution in [0.5, 0.6) is 0 Å². The number of rotatable bonds is 36. The van der Waals surface area contributed by atoms with Crippen LogP contribution in [-0.4, -0.2) is 77.9 Å². The van der Waals surface area contributed by atoms with Gasteiger partial charge in [0.25, 0.3) is 0 Å².